The average molecular weight is 389 g/mol. The molecule has 0 aromatic heterocycles. The van der Waals surface area contributed by atoms with Crippen LogP contribution in [-0.2, 0) is 19.1 Å². The molecule has 160 valence electrons. The van der Waals surface area contributed by atoms with Crippen LogP contribution in [0.1, 0.15) is 90.9 Å². The summed E-state index contributed by atoms with van der Waals surface area (Å²) in [6.45, 7) is 7.00. The summed E-state index contributed by atoms with van der Waals surface area (Å²) in [7, 11) is 0. The lowest BCUT2D eigenvalue weighted by atomic mass is 9.73. The summed E-state index contributed by atoms with van der Waals surface area (Å²) >= 11 is 0. The van der Waals surface area contributed by atoms with Gasteiger partial charge in [0.15, 0.2) is 0 Å². The van der Waals surface area contributed by atoms with Crippen molar-refractivity contribution in [3.8, 4) is 0 Å². The minimum absolute atomic E-state index is 0.108. The van der Waals surface area contributed by atoms with Crippen LogP contribution in [0.5, 0.6) is 0 Å². The molecule has 0 amide bonds. The van der Waals surface area contributed by atoms with Crippen molar-refractivity contribution in [2.75, 3.05) is 26.4 Å². The van der Waals surface area contributed by atoms with Crippen LogP contribution in [0.3, 0.4) is 0 Å². The zero-order valence-corrected chi connectivity index (χ0v) is 17.3. The first-order valence-electron chi connectivity index (χ1n) is 10.5. The fourth-order valence-electron chi connectivity index (χ4n) is 3.25. The predicted molar refractivity (Wildman–Crippen MR) is 106 cm³/mol. The second-order valence-corrected chi connectivity index (χ2v) is 7.43. The van der Waals surface area contributed by atoms with Crippen LogP contribution in [0.4, 0.5) is 0 Å². The van der Waals surface area contributed by atoms with Crippen LogP contribution >= 0.6 is 0 Å². The van der Waals surface area contributed by atoms with Crippen LogP contribution in [0.25, 0.3) is 0 Å². The van der Waals surface area contributed by atoms with Crippen LogP contribution in [0.15, 0.2) is 0 Å². The first-order chi connectivity index (χ1) is 13.0. The number of carboxylic acids is 2. The Balaban J connectivity index is 4.78. The summed E-state index contributed by atoms with van der Waals surface area (Å²) in [6, 6.07) is 0. The Bertz CT molecular complexity index is 347. The number of ether oxygens (including phenoxy) is 2. The molecule has 0 heterocycles. The monoisotopic (exact) mass is 388 g/mol. The molecule has 0 aliphatic heterocycles. The van der Waals surface area contributed by atoms with Crippen molar-refractivity contribution in [3.63, 3.8) is 0 Å². The molecule has 0 bridgehead atoms. The third-order valence-electron chi connectivity index (χ3n) is 5.03. The molecule has 0 unspecified atom stereocenters. The highest BCUT2D eigenvalue weighted by atomic mass is 16.5. The van der Waals surface area contributed by atoms with Gasteiger partial charge >= 0.3 is 11.9 Å². The maximum absolute atomic E-state index is 10.9. The first-order valence-corrected chi connectivity index (χ1v) is 10.5. The summed E-state index contributed by atoms with van der Waals surface area (Å²) in [4.78, 5) is 21.9. The number of hydrogen-bond acceptors (Lipinski definition) is 4. The highest BCUT2D eigenvalue weighted by Gasteiger charge is 2.29. The normalized spacial score (nSPS) is 11.6. The zero-order chi connectivity index (χ0) is 20.4. The van der Waals surface area contributed by atoms with Gasteiger partial charge in [-0.1, -0.05) is 26.7 Å². The van der Waals surface area contributed by atoms with E-state index < -0.39 is 11.9 Å². The maximum atomic E-state index is 10.9. The van der Waals surface area contributed by atoms with Gasteiger partial charge in [0.25, 0.3) is 0 Å². The van der Waals surface area contributed by atoms with Crippen molar-refractivity contribution in [1.29, 1.82) is 0 Å². The van der Waals surface area contributed by atoms with Crippen molar-refractivity contribution >= 4 is 11.9 Å². The summed E-state index contributed by atoms with van der Waals surface area (Å²) in [5.41, 5.74) is -0.108. The molecule has 0 radical (unpaired) electrons. The second-order valence-electron chi connectivity index (χ2n) is 7.43. The molecule has 0 rings (SSSR count). The Hall–Kier alpha value is -1.14. The molecule has 0 atom stereocenters. The number of carbonyl (C=O) groups is 2. The van der Waals surface area contributed by atoms with Gasteiger partial charge in [-0.3, -0.25) is 9.59 Å². The Labute approximate surface area is 164 Å². The first kappa shape index (κ1) is 25.9. The Morgan fingerprint density at radius 2 is 1.07 bits per heavy atom. The van der Waals surface area contributed by atoms with E-state index in [9.17, 15) is 9.59 Å². The van der Waals surface area contributed by atoms with Gasteiger partial charge in [-0.05, 0) is 56.8 Å². The topological polar surface area (TPSA) is 93.1 Å². The lowest BCUT2D eigenvalue weighted by molar-refractivity contribution is -0.138. The molecule has 0 aliphatic rings. The number of aliphatic carboxylic acids is 2. The van der Waals surface area contributed by atoms with E-state index in [1.54, 1.807) is 0 Å². The van der Waals surface area contributed by atoms with Crippen molar-refractivity contribution < 1.29 is 29.3 Å². The van der Waals surface area contributed by atoms with Crippen molar-refractivity contribution in [2.45, 2.75) is 90.9 Å². The Kier molecular flexibility index (Phi) is 16.3. The van der Waals surface area contributed by atoms with E-state index in [4.69, 9.17) is 19.7 Å². The molecule has 0 fully saturated rings. The van der Waals surface area contributed by atoms with Crippen molar-refractivity contribution in [2.24, 2.45) is 5.41 Å². The van der Waals surface area contributed by atoms with Gasteiger partial charge < -0.3 is 19.7 Å². The Morgan fingerprint density at radius 1 is 0.667 bits per heavy atom. The Morgan fingerprint density at radius 3 is 1.41 bits per heavy atom. The van der Waals surface area contributed by atoms with E-state index in [0.717, 1.165) is 64.6 Å². The number of carboxylic acid groups (broad SMARTS) is 2. The molecular formula is C21H40O6. The van der Waals surface area contributed by atoms with Gasteiger partial charge in [-0.15, -0.1) is 0 Å². The molecule has 27 heavy (non-hydrogen) atoms. The minimum atomic E-state index is -0.784. The predicted octanol–water partition coefficient (Wildman–Crippen LogP) is 4.90. The SMILES string of the molecule is CCCCOCCC(CCCC(=O)O)(CCCC(=O)O)CCOCCCC. The summed E-state index contributed by atoms with van der Waals surface area (Å²) in [5.74, 6) is -1.57. The molecule has 0 aromatic carbocycles. The molecule has 6 heteroatoms. The fourth-order valence-corrected chi connectivity index (χ4v) is 3.25. The molecule has 0 aromatic rings. The van der Waals surface area contributed by atoms with Crippen LogP contribution in [-0.4, -0.2) is 48.6 Å². The second kappa shape index (κ2) is 17.0. The largest absolute Gasteiger partial charge is 0.481 e. The number of unbranched alkanes of at least 4 members (excludes halogenated alkanes) is 2. The van der Waals surface area contributed by atoms with Gasteiger partial charge in [0, 0.05) is 39.3 Å². The van der Waals surface area contributed by atoms with Gasteiger partial charge in [-0.2, -0.15) is 0 Å². The van der Waals surface area contributed by atoms with E-state index >= 15 is 0 Å². The third-order valence-corrected chi connectivity index (χ3v) is 5.03. The van der Waals surface area contributed by atoms with E-state index in [1.807, 2.05) is 0 Å². The molecular weight excluding hydrogens is 348 g/mol. The number of hydrogen-bond donors (Lipinski definition) is 2. The molecule has 2 N–H and O–H groups in total. The van der Waals surface area contributed by atoms with E-state index in [1.165, 1.54) is 0 Å². The van der Waals surface area contributed by atoms with E-state index in [0.29, 0.717) is 26.1 Å². The van der Waals surface area contributed by atoms with Crippen LogP contribution in [0.2, 0.25) is 0 Å². The smallest absolute Gasteiger partial charge is 0.303 e. The molecule has 0 saturated carbocycles. The highest BCUT2D eigenvalue weighted by molar-refractivity contribution is 5.66. The minimum Gasteiger partial charge on any atom is -0.481 e. The summed E-state index contributed by atoms with van der Waals surface area (Å²) in [5, 5.41) is 18.0. The summed E-state index contributed by atoms with van der Waals surface area (Å²) < 4.78 is 11.5. The molecule has 6 nitrogen and oxygen atoms in total. The average Bonchev–Trinajstić information content (AvgIpc) is 2.60. The fraction of sp³-hybridized carbons (Fsp3) is 0.905. The summed E-state index contributed by atoms with van der Waals surface area (Å²) in [6.07, 6.45) is 8.94. The van der Waals surface area contributed by atoms with Gasteiger partial charge in [0.2, 0.25) is 0 Å². The van der Waals surface area contributed by atoms with Gasteiger partial charge in [-0.25, -0.2) is 0 Å². The highest BCUT2D eigenvalue weighted by Crippen LogP contribution is 2.38. The number of rotatable bonds is 20. The van der Waals surface area contributed by atoms with Crippen LogP contribution in [0, 0.1) is 5.41 Å². The van der Waals surface area contributed by atoms with E-state index in [-0.39, 0.29) is 18.3 Å². The van der Waals surface area contributed by atoms with E-state index in [2.05, 4.69) is 13.8 Å². The van der Waals surface area contributed by atoms with Gasteiger partial charge in [0.1, 0.15) is 0 Å². The van der Waals surface area contributed by atoms with Crippen molar-refractivity contribution in [3.05, 3.63) is 0 Å². The quantitative estimate of drug-likeness (QED) is 0.288. The lowest BCUT2D eigenvalue weighted by Crippen LogP contribution is -2.26. The zero-order valence-electron chi connectivity index (χ0n) is 17.3. The van der Waals surface area contributed by atoms with Crippen LogP contribution < -0.4 is 0 Å². The standard InChI is InChI=1S/C21H40O6/c1-3-5-15-26-17-13-21(11-7-9-19(22)23,12-8-10-20(24)25)14-18-27-16-6-4-2/h3-18H2,1-2H3,(H,22,23)(H,24,25). The third kappa shape index (κ3) is 15.6. The molecule has 0 aliphatic carbocycles. The van der Waals surface area contributed by atoms with Crippen molar-refractivity contribution in [1.82, 2.24) is 0 Å². The molecule has 0 saturated heterocycles. The lowest BCUT2D eigenvalue weighted by Gasteiger charge is -2.34. The molecule has 0 spiro atoms. The van der Waals surface area contributed by atoms with Gasteiger partial charge in [0.05, 0.1) is 0 Å². The maximum Gasteiger partial charge on any atom is 0.303 e.